The normalized spacial score (nSPS) is 10.5. The van der Waals surface area contributed by atoms with Crippen molar-refractivity contribution in [2.45, 2.75) is 6.54 Å². The first-order valence-electron chi connectivity index (χ1n) is 7.63. The molecule has 0 unspecified atom stereocenters. The topological polar surface area (TPSA) is 60.2 Å². The number of aryl methyl sites for hydroxylation is 1. The van der Waals surface area contributed by atoms with Crippen LogP contribution < -0.4 is 4.90 Å². The molecule has 0 amide bonds. The molecule has 1 aromatic carbocycles. The average Bonchev–Trinajstić information content (AvgIpc) is 3.06. The summed E-state index contributed by atoms with van der Waals surface area (Å²) in [6.07, 6.45) is 3.00. The highest BCUT2D eigenvalue weighted by Crippen LogP contribution is 2.24. The second-order valence-corrected chi connectivity index (χ2v) is 5.46. The van der Waals surface area contributed by atoms with Gasteiger partial charge in [0.15, 0.2) is 5.82 Å². The summed E-state index contributed by atoms with van der Waals surface area (Å²) in [5.74, 6) is 0.497. The monoisotopic (exact) mass is 340 g/mol. The van der Waals surface area contributed by atoms with Crippen molar-refractivity contribution in [3.8, 4) is 0 Å². The van der Waals surface area contributed by atoms with Gasteiger partial charge in [-0.05, 0) is 29.8 Å². The number of nitrogens with zero attached hydrogens (tertiary/aromatic N) is 4. The highest BCUT2D eigenvalue weighted by Gasteiger charge is 2.15. The number of ether oxygens (including phenoxy) is 1. The molecule has 3 rings (SSSR count). The van der Waals surface area contributed by atoms with E-state index in [1.54, 1.807) is 22.9 Å². The maximum absolute atomic E-state index is 13.2. The van der Waals surface area contributed by atoms with Crippen LogP contribution in [0.1, 0.15) is 15.9 Å². The van der Waals surface area contributed by atoms with Crippen molar-refractivity contribution in [2.24, 2.45) is 7.05 Å². The Hall–Kier alpha value is -3.22. The number of rotatable bonds is 5. The van der Waals surface area contributed by atoms with Gasteiger partial charge in [-0.25, -0.2) is 14.2 Å². The maximum atomic E-state index is 13.2. The van der Waals surface area contributed by atoms with Crippen LogP contribution in [0.5, 0.6) is 0 Å². The fourth-order valence-electron chi connectivity index (χ4n) is 2.40. The van der Waals surface area contributed by atoms with Gasteiger partial charge < -0.3 is 9.64 Å². The van der Waals surface area contributed by atoms with E-state index in [1.165, 1.54) is 19.4 Å². The van der Waals surface area contributed by atoms with Gasteiger partial charge >= 0.3 is 5.97 Å². The van der Waals surface area contributed by atoms with E-state index in [0.717, 1.165) is 5.56 Å². The number of anilines is 2. The van der Waals surface area contributed by atoms with Crippen LogP contribution in [0.15, 0.2) is 54.9 Å². The Morgan fingerprint density at radius 1 is 1.16 bits per heavy atom. The molecule has 0 aliphatic rings. The van der Waals surface area contributed by atoms with Gasteiger partial charge in [-0.1, -0.05) is 12.1 Å². The van der Waals surface area contributed by atoms with Gasteiger partial charge in [-0.2, -0.15) is 5.10 Å². The van der Waals surface area contributed by atoms with E-state index in [4.69, 9.17) is 4.74 Å². The van der Waals surface area contributed by atoms with Gasteiger partial charge in [0.2, 0.25) is 0 Å². The molecular weight excluding hydrogens is 323 g/mol. The Labute approximate surface area is 144 Å². The lowest BCUT2D eigenvalue weighted by Gasteiger charge is -2.21. The van der Waals surface area contributed by atoms with Crippen molar-refractivity contribution in [1.29, 1.82) is 0 Å². The fourth-order valence-corrected chi connectivity index (χ4v) is 2.40. The number of esters is 1. The first-order valence-corrected chi connectivity index (χ1v) is 7.63. The highest BCUT2D eigenvalue weighted by molar-refractivity contribution is 5.89. The van der Waals surface area contributed by atoms with Gasteiger partial charge in [0.05, 0.1) is 25.4 Å². The summed E-state index contributed by atoms with van der Waals surface area (Å²) in [6, 6.07) is 11.9. The van der Waals surface area contributed by atoms with Gasteiger partial charge in [0, 0.05) is 19.3 Å². The lowest BCUT2D eigenvalue weighted by atomic mass is 10.1. The number of benzene rings is 1. The zero-order valence-electron chi connectivity index (χ0n) is 13.9. The third kappa shape index (κ3) is 3.82. The second kappa shape index (κ2) is 7.12. The molecule has 0 fully saturated rings. The van der Waals surface area contributed by atoms with E-state index in [2.05, 4.69) is 10.1 Å². The van der Waals surface area contributed by atoms with E-state index >= 15 is 0 Å². The van der Waals surface area contributed by atoms with Crippen LogP contribution in [0.2, 0.25) is 0 Å². The van der Waals surface area contributed by atoms with Crippen molar-refractivity contribution in [3.05, 3.63) is 71.8 Å². The summed E-state index contributed by atoms with van der Waals surface area (Å²) in [6.45, 7) is 0.469. The van der Waals surface area contributed by atoms with Crippen LogP contribution >= 0.6 is 0 Å². The van der Waals surface area contributed by atoms with Crippen LogP contribution in [0, 0.1) is 5.82 Å². The molecule has 2 aromatic heterocycles. The molecule has 0 spiro atoms. The van der Waals surface area contributed by atoms with Crippen molar-refractivity contribution in [3.63, 3.8) is 0 Å². The van der Waals surface area contributed by atoms with E-state index in [-0.39, 0.29) is 5.97 Å². The molecule has 0 aliphatic carbocycles. The Bertz CT molecular complexity index is 860. The molecule has 25 heavy (non-hydrogen) atoms. The summed E-state index contributed by atoms with van der Waals surface area (Å²) < 4.78 is 19.6. The minimum atomic E-state index is -0.396. The largest absolute Gasteiger partial charge is 0.465 e. The predicted octanol–water partition coefficient (Wildman–Crippen LogP) is 3.08. The first kappa shape index (κ1) is 16.6. The number of halogens is 1. The quantitative estimate of drug-likeness (QED) is 0.668. The number of carbonyl (C=O) groups excluding carboxylic acids is 1. The van der Waals surface area contributed by atoms with Crippen LogP contribution in [-0.4, -0.2) is 27.8 Å². The van der Waals surface area contributed by atoms with Crippen molar-refractivity contribution in [2.75, 3.05) is 12.0 Å². The average molecular weight is 340 g/mol. The van der Waals surface area contributed by atoms with Gasteiger partial charge in [-0.15, -0.1) is 0 Å². The zero-order valence-corrected chi connectivity index (χ0v) is 13.9. The fraction of sp³-hybridized carbons (Fsp3) is 0.167. The van der Waals surface area contributed by atoms with E-state index < -0.39 is 5.82 Å². The lowest BCUT2D eigenvalue weighted by Crippen LogP contribution is -2.18. The molecule has 0 N–H and O–H groups in total. The van der Waals surface area contributed by atoms with E-state index in [9.17, 15) is 9.18 Å². The maximum Gasteiger partial charge on any atom is 0.337 e. The molecule has 0 aliphatic heterocycles. The number of methoxy groups -OCH3 is 1. The number of hydrogen-bond donors (Lipinski definition) is 0. The summed E-state index contributed by atoms with van der Waals surface area (Å²) >= 11 is 0. The zero-order chi connectivity index (χ0) is 17.8. The van der Waals surface area contributed by atoms with Crippen LogP contribution in [0.3, 0.4) is 0 Å². The molecule has 6 nitrogen and oxygen atoms in total. The molecule has 7 heteroatoms. The Kier molecular flexibility index (Phi) is 4.74. The van der Waals surface area contributed by atoms with Crippen LogP contribution in [0.25, 0.3) is 0 Å². The van der Waals surface area contributed by atoms with Gasteiger partial charge in [0.25, 0.3) is 0 Å². The molecular formula is C18H17FN4O2. The summed E-state index contributed by atoms with van der Waals surface area (Å²) in [4.78, 5) is 17.5. The van der Waals surface area contributed by atoms with Gasteiger partial charge in [0.1, 0.15) is 11.6 Å². The van der Waals surface area contributed by atoms with Gasteiger partial charge in [-0.3, -0.25) is 4.68 Å². The molecule has 0 atom stereocenters. The van der Waals surface area contributed by atoms with Crippen molar-refractivity contribution < 1.29 is 13.9 Å². The highest BCUT2D eigenvalue weighted by atomic mass is 19.1. The van der Waals surface area contributed by atoms with Crippen molar-refractivity contribution in [1.82, 2.24) is 14.8 Å². The Morgan fingerprint density at radius 2 is 1.92 bits per heavy atom. The first-order chi connectivity index (χ1) is 12.1. The minimum absolute atomic E-state index is 0.381. The molecule has 2 heterocycles. The second-order valence-electron chi connectivity index (χ2n) is 5.46. The number of hydrogen-bond acceptors (Lipinski definition) is 5. The summed E-state index contributed by atoms with van der Waals surface area (Å²) in [7, 11) is 3.17. The summed E-state index contributed by atoms with van der Waals surface area (Å²) in [5.41, 5.74) is 1.43. The molecule has 128 valence electrons. The molecule has 0 radical (unpaired) electrons. The molecule has 0 saturated carbocycles. The molecule has 3 aromatic rings. The standard InChI is InChI=1S/C18H17FN4O2/c1-22-10-9-17(21-22)23(16-8-7-15(19)11-20-16)12-13-3-5-14(6-4-13)18(24)25-2/h3-11H,12H2,1-2H3. The number of pyridine rings is 1. The molecule has 0 saturated heterocycles. The van der Waals surface area contributed by atoms with E-state index in [0.29, 0.717) is 23.7 Å². The predicted molar refractivity (Wildman–Crippen MR) is 91.0 cm³/mol. The Morgan fingerprint density at radius 3 is 2.48 bits per heavy atom. The van der Waals surface area contributed by atoms with Crippen LogP contribution in [0.4, 0.5) is 16.0 Å². The third-order valence-electron chi connectivity index (χ3n) is 3.68. The number of aromatic nitrogens is 3. The van der Waals surface area contributed by atoms with E-state index in [1.807, 2.05) is 36.3 Å². The smallest absolute Gasteiger partial charge is 0.337 e. The minimum Gasteiger partial charge on any atom is -0.465 e. The van der Waals surface area contributed by atoms with Crippen LogP contribution in [-0.2, 0) is 18.3 Å². The third-order valence-corrected chi connectivity index (χ3v) is 3.68. The Balaban J connectivity index is 1.90. The number of carbonyl (C=O) groups is 1. The summed E-state index contributed by atoms with van der Waals surface area (Å²) in [5, 5.41) is 4.40. The lowest BCUT2D eigenvalue weighted by molar-refractivity contribution is 0.0600. The van der Waals surface area contributed by atoms with Crippen molar-refractivity contribution >= 4 is 17.6 Å². The SMILES string of the molecule is COC(=O)c1ccc(CN(c2ccc(F)cn2)c2ccn(C)n2)cc1. The molecule has 0 bridgehead atoms.